The Morgan fingerprint density at radius 1 is 0.812 bits per heavy atom. The molecule has 7 nitrogen and oxygen atoms in total. The van der Waals surface area contributed by atoms with Crippen molar-refractivity contribution < 1.29 is 18.0 Å². The fourth-order valence-corrected chi connectivity index (χ4v) is 5.98. The zero-order valence-corrected chi connectivity index (χ0v) is 18.8. The van der Waals surface area contributed by atoms with Crippen molar-refractivity contribution in [3.05, 3.63) is 65.2 Å². The molecular formula is C24H27N3O4S. The average molecular weight is 454 g/mol. The second-order valence-electron chi connectivity index (χ2n) is 8.78. The number of piperazine rings is 1. The van der Waals surface area contributed by atoms with Crippen LogP contribution in [0.25, 0.3) is 0 Å². The summed E-state index contributed by atoms with van der Waals surface area (Å²) in [6.45, 7) is 2.77. The molecule has 2 fully saturated rings. The topological polar surface area (TPSA) is 78.0 Å². The highest BCUT2D eigenvalue weighted by Gasteiger charge is 2.35. The van der Waals surface area contributed by atoms with E-state index in [-0.39, 0.29) is 22.6 Å². The van der Waals surface area contributed by atoms with Gasteiger partial charge < -0.3 is 9.80 Å². The zero-order valence-electron chi connectivity index (χ0n) is 17.9. The minimum absolute atomic E-state index is 0.144. The number of hydrogen-bond donors (Lipinski definition) is 0. The monoisotopic (exact) mass is 453 g/mol. The number of nitrogens with zero attached hydrogens (tertiary/aromatic N) is 3. The molecule has 2 aromatic rings. The van der Waals surface area contributed by atoms with Gasteiger partial charge in [-0.25, -0.2) is 8.42 Å². The minimum Gasteiger partial charge on any atom is -0.339 e. The Morgan fingerprint density at radius 2 is 1.50 bits per heavy atom. The van der Waals surface area contributed by atoms with Crippen molar-refractivity contribution in [2.75, 3.05) is 32.7 Å². The van der Waals surface area contributed by atoms with Crippen molar-refractivity contribution in [2.24, 2.45) is 5.92 Å². The summed E-state index contributed by atoms with van der Waals surface area (Å²) in [5, 5.41) is 0. The molecule has 1 saturated carbocycles. The number of benzene rings is 2. The van der Waals surface area contributed by atoms with Crippen molar-refractivity contribution in [3.63, 3.8) is 0 Å². The first-order valence-corrected chi connectivity index (χ1v) is 12.6. The summed E-state index contributed by atoms with van der Waals surface area (Å²) in [5.41, 5.74) is 2.57. The van der Waals surface area contributed by atoms with Crippen LogP contribution < -0.4 is 0 Å². The maximum Gasteiger partial charge on any atom is 0.254 e. The maximum absolute atomic E-state index is 13.3. The highest BCUT2D eigenvalue weighted by Crippen LogP contribution is 2.31. The van der Waals surface area contributed by atoms with Gasteiger partial charge in [-0.15, -0.1) is 0 Å². The van der Waals surface area contributed by atoms with E-state index in [4.69, 9.17) is 0 Å². The molecule has 3 aliphatic rings. The summed E-state index contributed by atoms with van der Waals surface area (Å²) >= 11 is 0. The standard InChI is InChI=1S/C24H27N3O4S/c28-23(19-8-9-19)25-12-14-26(15-13-25)24(29)20-6-3-7-22(16-20)32(30,31)27-11-10-18-4-1-2-5-21(18)17-27/h1-7,16,19H,8-15,17H2. The van der Waals surface area contributed by atoms with E-state index in [1.807, 2.05) is 29.2 Å². The highest BCUT2D eigenvalue weighted by atomic mass is 32.2. The third kappa shape index (κ3) is 4.04. The molecule has 0 atom stereocenters. The SMILES string of the molecule is O=C(c1cccc(S(=O)(=O)N2CCc3ccccc3C2)c1)N1CCN(C(=O)C2CC2)CC1. The van der Waals surface area contributed by atoms with Crippen LogP contribution in [0.4, 0.5) is 0 Å². The van der Waals surface area contributed by atoms with Crippen molar-refractivity contribution in [2.45, 2.75) is 30.7 Å². The van der Waals surface area contributed by atoms with Crippen LogP contribution in [0.15, 0.2) is 53.4 Å². The molecule has 2 amide bonds. The highest BCUT2D eigenvalue weighted by molar-refractivity contribution is 7.89. The molecule has 5 rings (SSSR count). The smallest absolute Gasteiger partial charge is 0.254 e. The van der Waals surface area contributed by atoms with E-state index >= 15 is 0 Å². The molecule has 2 aromatic carbocycles. The molecule has 168 valence electrons. The molecule has 0 bridgehead atoms. The van der Waals surface area contributed by atoms with E-state index in [0.717, 1.165) is 18.4 Å². The van der Waals surface area contributed by atoms with Gasteiger partial charge in [0.2, 0.25) is 15.9 Å². The Hall–Kier alpha value is -2.71. The lowest BCUT2D eigenvalue weighted by Crippen LogP contribution is -2.51. The van der Waals surface area contributed by atoms with Gasteiger partial charge in [0, 0.05) is 50.7 Å². The summed E-state index contributed by atoms with van der Waals surface area (Å²) < 4.78 is 28.1. The normalized spacial score (nSPS) is 19.5. The average Bonchev–Trinajstić information content (AvgIpc) is 3.68. The number of fused-ring (bicyclic) bond motifs is 1. The summed E-state index contributed by atoms with van der Waals surface area (Å²) in [7, 11) is -3.70. The lowest BCUT2D eigenvalue weighted by Gasteiger charge is -2.35. The molecule has 0 radical (unpaired) electrons. The minimum atomic E-state index is -3.70. The van der Waals surface area contributed by atoms with E-state index in [0.29, 0.717) is 51.3 Å². The van der Waals surface area contributed by atoms with Gasteiger partial charge in [-0.1, -0.05) is 30.3 Å². The first-order chi connectivity index (χ1) is 15.4. The Kier molecular flexibility index (Phi) is 5.51. The predicted octanol–water partition coefficient (Wildman–Crippen LogP) is 2.13. The largest absolute Gasteiger partial charge is 0.339 e. The Balaban J connectivity index is 1.29. The third-order valence-electron chi connectivity index (χ3n) is 6.62. The number of carbonyl (C=O) groups excluding carboxylic acids is 2. The van der Waals surface area contributed by atoms with Crippen LogP contribution in [0, 0.1) is 5.92 Å². The van der Waals surface area contributed by atoms with Crippen LogP contribution >= 0.6 is 0 Å². The molecule has 0 aromatic heterocycles. The first-order valence-electron chi connectivity index (χ1n) is 11.2. The first kappa shape index (κ1) is 21.2. The van der Waals surface area contributed by atoms with Crippen molar-refractivity contribution in [1.29, 1.82) is 0 Å². The molecular weight excluding hydrogens is 426 g/mol. The van der Waals surface area contributed by atoms with Crippen molar-refractivity contribution >= 4 is 21.8 Å². The van der Waals surface area contributed by atoms with Crippen molar-refractivity contribution in [1.82, 2.24) is 14.1 Å². The molecule has 2 heterocycles. The molecule has 0 spiro atoms. The van der Waals surface area contributed by atoms with E-state index in [9.17, 15) is 18.0 Å². The summed E-state index contributed by atoms with van der Waals surface area (Å²) in [6.07, 6.45) is 2.63. The van der Waals surface area contributed by atoms with Crippen LogP contribution in [-0.4, -0.2) is 67.1 Å². The fraction of sp³-hybridized carbons (Fsp3) is 0.417. The molecule has 1 aliphatic carbocycles. The number of amides is 2. The molecule has 8 heteroatoms. The summed E-state index contributed by atoms with van der Waals surface area (Å²) in [4.78, 5) is 29.0. The van der Waals surface area contributed by atoms with Crippen LogP contribution in [0.5, 0.6) is 0 Å². The number of sulfonamides is 1. The number of rotatable bonds is 4. The summed E-state index contributed by atoms with van der Waals surface area (Å²) in [6, 6.07) is 14.2. The molecule has 0 N–H and O–H groups in total. The van der Waals surface area contributed by atoms with Crippen LogP contribution in [0.1, 0.15) is 34.3 Å². The Morgan fingerprint density at radius 3 is 2.22 bits per heavy atom. The van der Waals surface area contributed by atoms with Gasteiger partial charge in [0.1, 0.15) is 0 Å². The second-order valence-corrected chi connectivity index (χ2v) is 10.7. The molecule has 32 heavy (non-hydrogen) atoms. The van der Waals surface area contributed by atoms with E-state index in [2.05, 4.69) is 0 Å². The van der Waals surface area contributed by atoms with Gasteiger partial charge in [-0.3, -0.25) is 9.59 Å². The quantitative estimate of drug-likeness (QED) is 0.711. The summed E-state index contributed by atoms with van der Waals surface area (Å²) in [5.74, 6) is 0.193. The van der Waals surface area contributed by atoms with E-state index in [1.165, 1.54) is 15.9 Å². The number of hydrogen-bond acceptors (Lipinski definition) is 4. The van der Waals surface area contributed by atoms with Gasteiger partial charge in [-0.2, -0.15) is 4.31 Å². The van der Waals surface area contributed by atoms with Gasteiger partial charge in [0.05, 0.1) is 4.90 Å². The van der Waals surface area contributed by atoms with Crippen molar-refractivity contribution in [3.8, 4) is 0 Å². The van der Waals surface area contributed by atoms with Gasteiger partial charge in [0.25, 0.3) is 5.91 Å². The van der Waals surface area contributed by atoms with Gasteiger partial charge >= 0.3 is 0 Å². The molecule has 2 aliphatic heterocycles. The Bertz CT molecular complexity index is 1150. The van der Waals surface area contributed by atoms with Gasteiger partial charge in [-0.05, 0) is 48.6 Å². The predicted molar refractivity (Wildman–Crippen MR) is 119 cm³/mol. The fourth-order valence-electron chi connectivity index (χ4n) is 4.51. The lowest BCUT2D eigenvalue weighted by molar-refractivity contribution is -0.134. The second kappa shape index (κ2) is 8.33. The molecule has 1 saturated heterocycles. The third-order valence-corrected chi connectivity index (χ3v) is 8.46. The Labute approximate surface area is 188 Å². The van der Waals surface area contributed by atoms with E-state index < -0.39 is 10.0 Å². The van der Waals surface area contributed by atoms with Crippen LogP contribution in [-0.2, 0) is 27.8 Å². The number of carbonyl (C=O) groups is 2. The van der Waals surface area contributed by atoms with E-state index in [1.54, 1.807) is 23.1 Å². The maximum atomic E-state index is 13.3. The molecule has 0 unspecified atom stereocenters. The van der Waals surface area contributed by atoms with Crippen LogP contribution in [0.2, 0.25) is 0 Å². The van der Waals surface area contributed by atoms with Crippen LogP contribution in [0.3, 0.4) is 0 Å². The van der Waals surface area contributed by atoms with Gasteiger partial charge in [0.15, 0.2) is 0 Å². The zero-order chi connectivity index (χ0) is 22.3. The lowest BCUT2D eigenvalue weighted by atomic mass is 10.0.